The highest BCUT2D eigenvalue weighted by molar-refractivity contribution is 7.91. The number of fused-ring (bicyclic) bond motifs is 1. The molecule has 0 bridgehead atoms. The van der Waals surface area contributed by atoms with Crippen LogP contribution in [-0.2, 0) is 27.5 Å². The molecule has 1 aromatic heterocycles. The van der Waals surface area contributed by atoms with E-state index in [1.165, 1.54) is 18.3 Å². The van der Waals surface area contributed by atoms with Crippen LogP contribution < -0.4 is 5.32 Å². The van der Waals surface area contributed by atoms with E-state index in [1.54, 1.807) is 0 Å². The van der Waals surface area contributed by atoms with Crippen LogP contribution in [0.1, 0.15) is 35.7 Å². The molecule has 2 heterocycles. The number of sulfone groups is 1. The molecule has 11 heteroatoms. The number of alkyl halides is 3. The molecule has 1 aromatic carbocycles. The third kappa shape index (κ3) is 5.33. The van der Waals surface area contributed by atoms with E-state index >= 15 is 0 Å². The fraction of sp³-hybridized carbons (Fsp3) is 0.478. The van der Waals surface area contributed by atoms with Gasteiger partial charge in [-0.05, 0) is 55.0 Å². The van der Waals surface area contributed by atoms with E-state index < -0.39 is 33.9 Å². The van der Waals surface area contributed by atoms with Crippen molar-refractivity contribution in [1.82, 2.24) is 9.88 Å². The average molecular weight is 516 g/mol. The summed E-state index contributed by atoms with van der Waals surface area (Å²) in [6.45, 7) is 0. The molecule has 6 nitrogen and oxygen atoms in total. The van der Waals surface area contributed by atoms with E-state index in [0.717, 1.165) is 24.6 Å². The van der Waals surface area contributed by atoms with Crippen molar-refractivity contribution in [2.24, 2.45) is 5.92 Å². The SMILES string of the molecule is CN(C(=O)C1CCS(=O)(=O)CC1)[C@@H](c1ccc(NC2Cc3cccc(Cl)c3C2)cn1)C(F)(F)F. The fourth-order valence-electron chi connectivity index (χ4n) is 4.74. The first kappa shape index (κ1) is 24.8. The molecule has 1 unspecified atom stereocenters. The van der Waals surface area contributed by atoms with Crippen LogP contribution in [0, 0.1) is 5.92 Å². The summed E-state index contributed by atoms with van der Waals surface area (Å²) in [5, 5.41) is 3.99. The molecule has 2 aliphatic rings. The summed E-state index contributed by atoms with van der Waals surface area (Å²) in [6, 6.07) is 6.35. The number of anilines is 1. The molecule has 0 spiro atoms. The number of aromatic nitrogens is 1. The van der Waals surface area contributed by atoms with E-state index in [1.807, 2.05) is 18.2 Å². The lowest BCUT2D eigenvalue weighted by Gasteiger charge is -2.33. The van der Waals surface area contributed by atoms with Gasteiger partial charge < -0.3 is 10.2 Å². The van der Waals surface area contributed by atoms with Crippen molar-refractivity contribution in [3.05, 3.63) is 58.4 Å². The largest absolute Gasteiger partial charge is 0.414 e. The highest BCUT2D eigenvalue weighted by Gasteiger charge is 2.47. The number of nitrogens with one attached hydrogen (secondary N) is 1. The molecule has 0 radical (unpaired) electrons. The van der Waals surface area contributed by atoms with Crippen LogP contribution in [0.2, 0.25) is 5.02 Å². The Morgan fingerprint density at radius 2 is 1.88 bits per heavy atom. The lowest BCUT2D eigenvalue weighted by molar-refractivity contribution is -0.191. The van der Waals surface area contributed by atoms with Crippen LogP contribution in [0.4, 0.5) is 18.9 Å². The zero-order chi connectivity index (χ0) is 24.7. The Balaban J connectivity index is 1.46. The molecule has 1 amide bonds. The second kappa shape index (κ2) is 9.37. The second-order valence-corrected chi connectivity index (χ2v) is 11.6. The second-order valence-electron chi connectivity index (χ2n) is 8.92. The zero-order valence-electron chi connectivity index (χ0n) is 18.5. The standard InChI is InChI=1S/C23H25ClF3N3O3S/c1-30(22(31)14-7-9-34(32,33)10-8-14)21(23(25,26)27)20-6-5-16(13-28-20)29-17-11-15-3-2-4-19(24)18(15)12-17/h2-6,13-14,17,21,29H,7-12H2,1H3/t17?,21-/m0/s1. The van der Waals surface area contributed by atoms with E-state index in [2.05, 4.69) is 10.3 Å². The van der Waals surface area contributed by atoms with Gasteiger partial charge in [0.25, 0.3) is 0 Å². The predicted octanol–water partition coefficient (Wildman–Crippen LogP) is 4.20. The number of nitrogens with zero attached hydrogens (tertiary/aromatic N) is 2. The zero-order valence-corrected chi connectivity index (χ0v) is 20.1. The predicted molar refractivity (Wildman–Crippen MR) is 123 cm³/mol. The molecule has 1 saturated heterocycles. The van der Waals surface area contributed by atoms with Gasteiger partial charge in [0.15, 0.2) is 6.04 Å². The Bertz CT molecular complexity index is 1160. The first-order valence-electron chi connectivity index (χ1n) is 11.0. The Morgan fingerprint density at radius 3 is 2.47 bits per heavy atom. The molecule has 2 atom stereocenters. The van der Waals surface area contributed by atoms with Crippen LogP contribution >= 0.6 is 11.6 Å². The Morgan fingerprint density at radius 1 is 1.18 bits per heavy atom. The van der Waals surface area contributed by atoms with E-state index in [9.17, 15) is 26.4 Å². The minimum atomic E-state index is -4.74. The van der Waals surface area contributed by atoms with Gasteiger partial charge in [-0.15, -0.1) is 0 Å². The molecule has 1 N–H and O–H groups in total. The number of pyridine rings is 1. The van der Waals surface area contributed by atoms with Crippen molar-refractivity contribution in [3.8, 4) is 0 Å². The minimum Gasteiger partial charge on any atom is -0.380 e. The molecule has 1 aliphatic carbocycles. The maximum atomic E-state index is 14.0. The third-order valence-corrected chi connectivity index (χ3v) is 8.59. The smallest absolute Gasteiger partial charge is 0.380 e. The summed E-state index contributed by atoms with van der Waals surface area (Å²) < 4.78 is 65.1. The number of halogens is 4. The van der Waals surface area contributed by atoms with Gasteiger partial charge in [-0.2, -0.15) is 13.2 Å². The van der Waals surface area contributed by atoms with E-state index in [0.29, 0.717) is 22.0 Å². The average Bonchev–Trinajstić information content (AvgIpc) is 3.17. The lowest BCUT2D eigenvalue weighted by Crippen LogP contribution is -2.44. The number of carbonyl (C=O) groups excluding carboxylic acids is 1. The quantitative estimate of drug-likeness (QED) is 0.645. The molecule has 2 aromatic rings. The number of hydrogen-bond donors (Lipinski definition) is 1. The minimum absolute atomic E-state index is 0.0279. The maximum absolute atomic E-state index is 14.0. The molecule has 4 rings (SSSR count). The van der Waals surface area contributed by atoms with Gasteiger partial charge in [0, 0.05) is 24.0 Å². The van der Waals surface area contributed by atoms with Crippen molar-refractivity contribution in [3.63, 3.8) is 0 Å². The lowest BCUT2D eigenvalue weighted by atomic mass is 9.99. The summed E-state index contributed by atoms with van der Waals surface area (Å²) in [5.41, 5.74) is 2.49. The Hall–Kier alpha value is -2.33. The topological polar surface area (TPSA) is 79.4 Å². The number of benzene rings is 1. The van der Waals surface area contributed by atoms with Crippen molar-refractivity contribution in [2.75, 3.05) is 23.9 Å². The molecular weight excluding hydrogens is 491 g/mol. The fourth-order valence-corrected chi connectivity index (χ4v) is 6.50. The van der Waals surface area contributed by atoms with Gasteiger partial charge in [-0.3, -0.25) is 9.78 Å². The molecular formula is C23H25ClF3N3O3S. The highest BCUT2D eigenvalue weighted by atomic mass is 35.5. The Labute approximate surface area is 201 Å². The van der Waals surface area contributed by atoms with Crippen LogP contribution in [0.15, 0.2) is 36.5 Å². The third-order valence-electron chi connectivity index (χ3n) is 6.52. The van der Waals surface area contributed by atoms with E-state index in [4.69, 9.17) is 11.6 Å². The van der Waals surface area contributed by atoms with Crippen molar-refractivity contribution in [1.29, 1.82) is 0 Å². The summed E-state index contributed by atoms with van der Waals surface area (Å²) in [4.78, 5) is 17.5. The molecule has 0 saturated carbocycles. The number of amides is 1. The molecule has 34 heavy (non-hydrogen) atoms. The van der Waals surface area contributed by atoms with Gasteiger partial charge in [-0.1, -0.05) is 23.7 Å². The maximum Gasteiger partial charge on any atom is 0.414 e. The van der Waals surface area contributed by atoms with Crippen LogP contribution in [-0.4, -0.2) is 55.0 Å². The van der Waals surface area contributed by atoms with Crippen LogP contribution in [0.3, 0.4) is 0 Å². The summed E-state index contributed by atoms with van der Waals surface area (Å²) in [5.74, 6) is -1.86. The monoisotopic (exact) mass is 515 g/mol. The number of carbonyl (C=O) groups is 1. The molecule has 1 aliphatic heterocycles. The first-order valence-corrected chi connectivity index (χ1v) is 13.2. The van der Waals surface area contributed by atoms with Gasteiger partial charge in [0.1, 0.15) is 9.84 Å². The highest BCUT2D eigenvalue weighted by Crippen LogP contribution is 2.38. The van der Waals surface area contributed by atoms with Crippen molar-refractivity contribution < 1.29 is 26.4 Å². The normalized spacial score (nSPS) is 21.0. The number of rotatable bonds is 5. The van der Waals surface area contributed by atoms with Crippen molar-refractivity contribution in [2.45, 2.75) is 43.9 Å². The Kier molecular flexibility index (Phi) is 6.83. The van der Waals surface area contributed by atoms with Crippen LogP contribution in [0.5, 0.6) is 0 Å². The molecule has 1 fully saturated rings. The van der Waals surface area contributed by atoms with Crippen LogP contribution in [0.25, 0.3) is 0 Å². The number of hydrogen-bond acceptors (Lipinski definition) is 5. The van der Waals surface area contributed by atoms with Gasteiger partial charge in [-0.25, -0.2) is 8.42 Å². The van der Waals surface area contributed by atoms with Gasteiger partial charge in [0.2, 0.25) is 5.91 Å². The summed E-state index contributed by atoms with van der Waals surface area (Å²) >= 11 is 6.25. The van der Waals surface area contributed by atoms with Gasteiger partial charge >= 0.3 is 6.18 Å². The summed E-state index contributed by atoms with van der Waals surface area (Å²) in [6.07, 6.45) is -1.89. The first-order chi connectivity index (χ1) is 15.9. The molecule has 184 valence electrons. The van der Waals surface area contributed by atoms with Crippen molar-refractivity contribution >= 4 is 33.0 Å². The van der Waals surface area contributed by atoms with E-state index in [-0.39, 0.29) is 36.1 Å². The summed E-state index contributed by atoms with van der Waals surface area (Å²) in [7, 11) is -2.14. The van der Waals surface area contributed by atoms with Gasteiger partial charge in [0.05, 0.1) is 29.1 Å².